The summed E-state index contributed by atoms with van der Waals surface area (Å²) in [7, 11) is 0. The Bertz CT molecular complexity index is 1410. The van der Waals surface area contributed by atoms with Crippen LogP contribution in [0.25, 0.3) is 54.9 Å². The van der Waals surface area contributed by atoms with Crippen LogP contribution in [-0.2, 0) is 0 Å². The van der Waals surface area contributed by atoms with Gasteiger partial charge in [0.2, 0.25) is 0 Å². The second kappa shape index (κ2) is 5.86. The first-order valence-electron chi connectivity index (χ1n) is 8.71. The van der Waals surface area contributed by atoms with Crippen molar-refractivity contribution < 1.29 is 0 Å². The molecule has 0 bridgehead atoms. The Labute approximate surface area is 162 Å². The first kappa shape index (κ1) is 15.3. The molecule has 6 rings (SSSR count). The summed E-state index contributed by atoms with van der Waals surface area (Å²) in [5, 5.41) is 18.6. The van der Waals surface area contributed by atoms with Crippen LogP contribution in [0, 0.1) is 0 Å². The molecule has 0 saturated heterocycles. The monoisotopic (exact) mass is 383 g/mol. The number of aromatic nitrogens is 7. The minimum atomic E-state index is 0.748. The fourth-order valence-corrected chi connectivity index (χ4v) is 4.23. The first-order chi connectivity index (χ1) is 13.9. The lowest BCUT2D eigenvalue weighted by Gasteiger charge is -1.98. The zero-order valence-electron chi connectivity index (χ0n) is 14.5. The number of nitrogens with zero attached hydrogens (tertiary/aromatic N) is 4. The van der Waals surface area contributed by atoms with Crippen LogP contribution < -0.4 is 0 Å². The SMILES string of the molecule is c1csc(-c2cncc3[nH]c(-c4n[nH]c5ncc(-c6cn[nH]c6)cc45)cc23)c1. The summed E-state index contributed by atoms with van der Waals surface area (Å²) >= 11 is 1.71. The summed E-state index contributed by atoms with van der Waals surface area (Å²) in [6, 6.07) is 8.37. The zero-order valence-corrected chi connectivity index (χ0v) is 15.3. The Balaban J connectivity index is 1.55. The molecule has 0 unspecified atom stereocenters. The molecule has 0 atom stereocenters. The average Bonchev–Trinajstić information content (AvgIpc) is 3.53. The normalized spacial score (nSPS) is 11.6. The van der Waals surface area contributed by atoms with Gasteiger partial charge in [-0.05, 0) is 23.6 Å². The quantitative estimate of drug-likeness (QED) is 0.415. The predicted octanol–water partition coefficient (Wildman–Crippen LogP) is 4.62. The third kappa shape index (κ3) is 2.28. The lowest BCUT2D eigenvalue weighted by molar-refractivity contribution is 1.09. The van der Waals surface area contributed by atoms with Crippen LogP contribution in [0.3, 0.4) is 0 Å². The molecule has 6 aromatic heterocycles. The van der Waals surface area contributed by atoms with E-state index < -0.39 is 0 Å². The zero-order chi connectivity index (χ0) is 18.5. The summed E-state index contributed by atoms with van der Waals surface area (Å²) in [5.41, 5.74) is 6.59. The molecule has 0 amide bonds. The van der Waals surface area contributed by atoms with Crippen LogP contribution in [-0.4, -0.2) is 35.3 Å². The number of pyridine rings is 2. The van der Waals surface area contributed by atoms with Crippen molar-refractivity contribution in [2.24, 2.45) is 0 Å². The third-order valence-electron chi connectivity index (χ3n) is 4.84. The van der Waals surface area contributed by atoms with Crippen LogP contribution in [0.1, 0.15) is 0 Å². The largest absolute Gasteiger partial charge is 0.352 e. The molecular weight excluding hydrogens is 370 g/mol. The molecule has 0 spiro atoms. The number of rotatable bonds is 3. The van der Waals surface area contributed by atoms with Crippen molar-refractivity contribution in [1.29, 1.82) is 0 Å². The van der Waals surface area contributed by atoms with Crippen molar-refractivity contribution in [2.45, 2.75) is 0 Å². The standard InChI is InChI=1S/C20H13N7S/c1-2-18(28-3-1)15-9-21-10-17-13(15)5-16(25-17)19-14-4-11(12-7-23-24-8-12)6-22-20(14)27-26-19/h1-10,25H,(H,23,24)(H,22,26,27). The number of H-pyrrole nitrogens is 3. The summed E-state index contributed by atoms with van der Waals surface area (Å²) < 4.78 is 0. The number of nitrogens with one attached hydrogen (secondary N) is 3. The summed E-state index contributed by atoms with van der Waals surface area (Å²) in [6.45, 7) is 0. The van der Waals surface area contributed by atoms with Crippen molar-refractivity contribution in [3.05, 3.63) is 60.6 Å². The van der Waals surface area contributed by atoms with Crippen LogP contribution in [0.4, 0.5) is 0 Å². The Morgan fingerprint density at radius 1 is 0.964 bits per heavy atom. The van der Waals surface area contributed by atoms with E-state index in [1.807, 2.05) is 24.8 Å². The minimum Gasteiger partial charge on any atom is -0.352 e. The molecule has 6 heterocycles. The minimum absolute atomic E-state index is 0.748. The Hall–Kier alpha value is -3.78. The smallest absolute Gasteiger partial charge is 0.155 e. The van der Waals surface area contributed by atoms with Crippen molar-refractivity contribution >= 4 is 33.3 Å². The van der Waals surface area contributed by atoms with Crippen LogP contribution >= 0.6 is 11.3 Å². The highest BCUT2D eigenvalue weighted by Gasteiger charge is 2.15. The highest BCUT2D eigenvalue weighted by atomic mass is 32.1. The molecule has 8 heteroatoms. The molecule has 0 aromatic carbocycles. The van der Waals surface area contributed by atoms with Gasteiger partial charge in [-0.25, -0.2) is 4.98 Å². The van der Waals surface area contributed by atoms with E-state index in [4.69, 9.17) is 0 Å². The average molecular weight is 383 g/mol. The second-order valence-corrected chi connectivity index (χ2v) is 7.44. The van der Waals surface area contributed by atoms with Gasteiger partial charge in [0.25, 0.3) is 0 Å². The molecule has 0 saturated carbocycles. The van der Waals surface area contributed by atoms with Crippen LogP contribution in [0.2, 0.25) is 0 Å². The van der Waals surface area contributed by atoms with Gasteiger partial charge in [0.1, 0.15) is 5.69 Å². The maximum atomic E-state index is 4.52. The molecule has 0 fully saturated rings. The van der Waals surface area contributed by atoms with Gasteiger partial charge in [-0.15, -0.1) is 11.3 Å². The maximum Gasteiger partial charge on any atom is 0.155 e. The third-order valence-corrected chi connectivity index (χ3v) is 5.74. The van der Waals surface area contributed by atoms with E-state index in [0.29, 0.717) is 0 Å². The van der Waals surface area contributed by atoms with Gasteiger partial charge < -0.3 is 4.98 Å². The molecule has 6 aromatic rings. The first-order valence-corrected chi connectivity index (χ1v) is 9.59. The number of aromatic amines is 3. The molecule has 3 N–H and O–H groups in total. The number of hydrogen-bond acceptors (Lipinski definition) is 5. The lowest BCUT2D eigenvalue weighted by atomic mass is 10.1. The Morgan fingerprint density at radius 2 is 1.96 bits per heavy atom. The number of hydrogen-bond donors (Lipinski definition) is 3. The van der Waals surface area contributed by atoms with Gasteiger partial charge in [-0.2, -0.15) is 10.2 Å². The van der Waals surface area contributed by atoms with Gasteiger partial charge in [0.15, 0.2) is 5.65 Å². The number of fused-ring (bicyclic) bond motifs is 2. The fraction of sp³-hybridized carbons (Fsp3) is 0. The number of thiophene rings is 1. The van der Waals surface area contributed by atoms with Gasteiger partial charge in [-0.3, -0.25) is 15.2 Å². The maximum absolute atomic E-state index is 4.52. The summed E-state index contributed by atoms with van der Waals surface area (Å²) in [6.07, 6.45) is 9.21. The highest BCUT2D eigenvalue weighted by molar-refractivity contribution is 7.13. The molecule has 0 radical (unpaired) electrons. The molecule has 0 aliphatic heterocycles. The Kier molecular flexibility index (Phi) is 3.20. The van der Waals surface area contributed by atoms with Gasteiger partial charge in [0.05, 0.1) is 23.6 Å². The predicted molar refractivity (Wildman–Crippen MR) is 110 cm³/mol. The van der Waals surface area contributed by atoms with Crippen LogP contribution in [0.5, 0.6) is 0 Å². The molecule has 28 heavy (non-hydrogen) atoms. The van der Waals surface area contributed by atoms with E-state index in [1.54, 1.807) is 17.5 Å². The van der Waals surface area contributed by atoms with E-state index in [9.17, 15) is 0 Å². The summed E-state index contributed by atoms with van der Waals surface area (Å²) in [4.78, 5) is 13.6. The van der Waals surface area contributed by atoms with Crippen LogP contribution in [0.15, 0.2) is 60.6 Å². The fourth-order valence-electron chi connectivity index (χ4n) is 3.48. The van der Waals surface area contributed by atoms with Gasteiger partial charge >= 0.3 is 0 Å². The van der Waals surface area contributed by atoms with Gasteiger partial charge in [0, 0.05) is 50.9 Å². The van der Waals surface area contributed by atoms with Crippen molar-refractivity contribution in [2.75, 3.05) is 0 Å². The molecule has 134 valence electrons. The topological polar surface area (TPSA) is 98.9 Å². The highest BCUT2D eigenvalue weighted by Crippen LogP contribution is 2.35. The van der Waals surface area contributed by atoms with E-state index >= 15 is 0 Å². The molecule has 0 aliphatic carbocycles. The summed E-state index contributed by atoms with van der Waals surface area (Å²) in [5.74, 6) is 0. The van der Waals surface area contributed by atoms with Crippen molar-refractivity contribution in [1.82, 2.24) is 35.3 Å². The molecular formula is C20H13N7S. The van der Waals surface area contributed by atoms with E-state index in [2.05, 4.69) is 65.0 Å². The molecule has 7 nitrogen and oxygen atoms in total. The molecule has 0 aliphatic rings. The Morgan fingerprint density at radius 3 is 2.82 bits per heavy atom. The van der Waals surface area contributed by atoms with E-state index in [1.165, 1.54) is 4.88 Å². The van der Waals surface area contributed by atoms with Crippen molar-refractivity contribution in [3.63, 3.8) is 0 Å². The van der Waals surface area contributed by atoms with E-state index in [0.717, 1.165) is 50.0 Å². The van der Waals surface area contributed by atoms with Gasteiger partial charge in [-0.1, -0.05) is 6.07 Å². The van der Waals surface area contributed by atoms with E-state index in [-0.39, 0.29) is 0 Å². The lowest BCUT2D eigenvalue weighted by Crippen LogP contribution is -1.81. The second-order valence-electron chi connectivity index (χ2n) is 6.49. The van der Waals surface area contributed by atoms with Crippen molar-refractivity contribution in [3.8, 4) is 33.0 Å².